The molecule has 23 heavy (non-hydrogen) atoms. The SMILES string of the molecule is CC(=O)N1[C@@H](Cn2cccn2)C[C@@H]2CN([C@@H]3CCOC3)CC[C@@H]21. The van der Waals surface area contributed by atoms with E-state index in [1.54, 1.807) is 6.92 Å². The molecule has 0 radical (unpaired) electrons. The van der Waals surface area contributed by atoms with E-state index < -0.39 is 0 Å². The lowest BCUT2D eigenvalue weighted by Gasteiger charge is -2.40. The molecule has 3 aliphatic rings. The molecular formula is C17H26N4O2. The minimum atomic E-state index is 0.215. The molecule has 0 spiro atoms. The molecular weight excluding hydrogens is 292 g/mol. The highest BCUT2D eigenvalue weighted by Gasteiger charge is 2.46. The van der Waals surface area contributed by atoms with E-state index in [1.807, 2.05) is 23.1 Å². The molecule has 0 saturated carbocycles. The van der Waals surface area contributed by atoms with E-state index in [0.29, 0.717) is 18.0 Å². The van der Waals surface area contributed by atoms with Crippen LogP contribution in [-0.4, -0.2) is 69.9 Å². The van der Waals surface area contributed by atoms with Crippen LogP contribution in [0, 0.1) is 5.92 Å². The van der Waals surface area contributed by atoms with E-state index in [2.05, 4.69) is 14.9 Å². The van der Waals surface area contributed by atoms with Crippen LogP contribution in [0.5, 0.6) is 0 Å². The third-order valence-corrected chi connectivity index (χ3v) is 5.79. The van der Waals surface area contributed by atoms with Crippen LogP contribution in [0.2, 0.25) is 0 Å². The molecule has 0 unspecified atom stereocenters. The van der Waals surface area contributed by atoms with Gasteiger partial charge in [0.05, 0.1) is 19.2 Å². The van der Waals surface area contributed by atoms with Gasteiger partial charge in [0.2, 0.25) is 5.91 Å². The number of piperidine rings is 1. The van der Waals surface area contributed by atoms with Crippen LogP contribution in [0.15, 0.2) is 18.5 Å². The fourth-order valence-corrected chi connectivity index (χ4v) is 4.80. The van der Waals surface area contributed by atoms with Crippen molar-refractivity contribution < 1.29 is 9.53 Å². The van der Waals surface area contributed by atoms with E-state index in [-0.39, 0.29) is 11.9 Å². The molecule has 6 heteroatoms. The Morgan fingerprint density at radius 3 is 3.00 bits per heavy atom. The number of hydrogen-bond acceptors (Lipinski definition) is 4. The number of aromatic nitrogens is 2. The van der Waals surface area contributed by atoms with Gasteiger partial charge >= 0.3 is 0 Å². The van der Waals surface area contributed by atoms with Crippen molar-refractivity contribution in [1.29, 1.82) is 0 Å². The Kier molecular flexibility index (Phi) is 4.11. The van der Waals surface area contributed by atoms with Crippen LogP contribution in [0.1, 0.15) is 26.2 Å². The van der Waals surface area contributed by atoms with Crippen molar-refractivity contribution in [1.82, 2.24) is 19.6 Å². The molecule has 4 rings (SSSR count). The van der Waals surface area contributed by atoms with Crippen molar-refractivity contribution in [2.45, 2.75) is 50.9 Å². The van der Waals surface area contributed by atoms with Gasteiger partial charge in [-0.3, -0.25) is 14.4 Å². The molecule has 0 aliphatic carbocycles. The van der Waals surface area contributed by atoms with Crippen molar-refractivity contribution in [3.63, 3.8) is 0 Å². The average molecular weight is 318 g/mol. The summed E-state index contributed by atoms with van der Waals surface area (Å²) in [6, 6.07) is 3.22. The van der Waals surface area contributed by atoms with Gasteiger partial charge in [0.1, 0.15) is 0 Å². The van der Waals surface area contributed by atoms with Gasteiger partial charge in [-0.25, -0.2) is 0 Å². The summed E-state index contributed by atoms with van der Waals surface area (Å²) in [5.74, 6) is 0.807. The van der Waals surface area contributed by atoms with Crippen molar-refractivity contribution >= 4 is 5.91 Å². The topological polar surface area (TPSA) is 50.6 Å². The summed E-state index contributed by atoms with van der Waals surface area (Å²) in [5.41, 5.74) is 0. The summed E-state index contributed by atoms with van der Waals surface area (Å²) >= 11 is 0. The largest absolute Gasteiger partial charge is 0.380 e. The van der Waals surface area contributed by atoms with Gasteiger partial charge in [0.25, 0.3) is 0 Å². The molecule has 3 aliphatic heterocycles. The Balaban J connectivity index is 1.47. The molecule has 0 N–H and O–H groups in total. The highest BCUT2D eigenvalue weighted by atomic mass is 16.5. The number of ether oxygens (including phenoxy) is 1. The normalized spacial score (nSPS) is 34.7. The Morgan fingerprint density at radius 2 is 2.30 bits per heavy atom. The van der Waals surface area contributed by atoms with E-state index in [9.17, 15) is 4.79 Å². The smallest absolute Gasteiger partial charge is 0.220 e. The zero-order chi connectivity index (χ0) is 15.8. The number of rotatable bonds is 3. The monoisotopic (exact) mass is 318 g/mol. The lowest BCUT2D eigenvalue weighted by atomic mass is 9.91. The van der Waals surface area contributed by atoms with Gasteiger partial charge in [0.15, 0.2) is 0 Å². The first-order chi connectivity index (χ1) is 11.2. The number of hydrogen-bond donors (Lipinski definition) is 0. The minimum absolute atomic E-state index is 0.215. The Morgan fingerprint density at radius 1 is 1.39 bits per heavy atom. The molecule has 0 aromatic carbocycles. The van der Waals surface area contributed by atoms with Gasteiger partial charge in [-0.05, 0) is 31.2 Å². The first kappa shape index (κ1) is 15.1. The molecule has 6 nitrogen and oxygen atoms in total. The van der Waals surface area contributed by atoms with Gasteiger partial charge in [-0.2, -0.15) is 5.10 Å². The van der Waals surface area contributed by atoms with Crippen LogP contribution in [-0.2, 0) is 16.1 Å². The number of likely N-dealkylation sites (tertiary alicyclic amines) is 2. The Labute approximate surface area is 137 Å². The van der Waals surface area contributed by atoms with Crippen LogP contribution in [0.3, 0.4) is 0 Å². The summed E-state index contributed by atoms with van der Waals surface area (Å²) in [5, 5.41) is 4.32. The molecule has 3 fully saturated rings. The van der Waals surface area contributed by atoms with E-state index in [0.717, 1.165) is 52.1 Å². The molecule has 0 bridgehead atoms. The highest BCUT2D eigenvalue weighted by molar-refractivity contribution is 5.74. The maximum Gasteiger partial charge on any atom is 0.220 e. The van der Waals surface area contributed by atoms with Gasteiger partial charge in [0, 0.05) is 51.1 Å². The summed E-state index contributed by atoms with van der Waals surface area (Å²) in [6.07, 6.45) is 7.14. The zero-order valence-electron chi connectivity index (χ0n) is 13.8. The fourth-order valence-electron chi connectivity index (χ4n) is 4.80. The summed E-state index contributed by atoms with van der Waals surface area (Å²) in [7, 11) is 0. The molecule has 3 saturated heterocycles. The van der Waals surface area contributed by atoms with Gasteiger partial charge in [-0.1, -0.05) is 0 Å². The standard InChI is InChI=1S/C17H26N4O2/c1-13(22)21-16(11-20-6-2-5-18-20)9-14-10-19(7-3-17(14)21)15-4-8-23-12-15/h2,5-6,14-17H,3-4,7-12H2,1H3/t14-,15-,16-,17+/m1/s1. The highest BCUT2D eigenvalue weighted by Crippen LogP contribution is 2.37. The summed E-state index contributed by atoms with van der Waals surface area (Å²) < 4.78 is 7.51. The zero-order valence-corrected chi connectivity index (χ0v) is 13.8. The van der Waals surface area contributed by atoms with Gasteiger partial charge < -0.3 is 9.64 Å². The van der Waals surface area contributed by atoms with Crippen LogP contribution in [0.25, 0.3) is 0 Å². The minimum Gasteiger partial charge on any atom is -0.380 e. The quantitative estimate of drug-likeness (QED) is 0.834. The second-order valence-electron chi connectivity index (χ2n) is 7.17. The molecule has 4 heterocycles. The van der Waals surface area contributed by atoms with Crippen LogP contribution in [0.4, 0.5) is 0 Å². The van der Waals surface area contributed by atoms with Crippen molar-refractivity contribution in [2.24, 2.45) is 5.92 Å². The molecule has 4 atom stereocenters. The number of nitrogens with zero attached hydrogens (tertiary/aromatic N) is 4. The third-order valence-electron chi connectivity index (χ3n) is 5.79. The maximum absolute atomic E-state index is 12.2. The fraction of sp³-hybridized carbons (Fsp3) is 0.765. The van der Waals surface area contributed by atoms with Crippen LogP contribution >= 0.6 is 0 Å². The van der Waals surface area contributed by atoms with E-state index in [4.69, 9.17) is 4.74 Å². The Bertz CT molecular complexity index is 541. The maximum atomic E-state index is 12.2. The van der Waals surface area contributed by atoms with Crippen molar-refractivity contribution in [3.05, 3.63) is 18.5 Å². The lowest BCUT2D eigenvalue weighted by Crippen LogP contribution is -2.51. The van der Waals surface area contributed by atoms with E-state index >= 15 is 0 Å². The predicted octanol–water partition coefficient (Wildman–Crippen LogP) is 0.983. The van der Waals surface area contributed by atoms with Crippen molar-refractivity contribution in [2.75, 3.05) is 26.3 Å². The number of fused-ring (bicyclic) bond motifs is 1. The second-order valence-corrected chi connectivity index (χ2v) is 7.17. The third kappa shape index (κ3) is 2.90. The van der Waals surface area contributed by atoms with Crippen molar-refractivity contribution in [3.8, 4) is 0 Å². The summed E-state index contributed by atoms with van der Waals surface area (Å²) in [4.78, 5) is 17.0. The number of carbonyl (C=O) groups excluding carboxylic acids is 1. The average Bonchev–Trinajstić information content (AvgIpc) is 3.27. The van der Waals surface area contributed by atoms with Gasteiger partial charge in [-0.15, -0.1) is 0 Å². The summed E-state index contributed by atoms with van der Waals surface area (Å²) in [6.45, 7) is 6.51. The van der Waals surface area contributed by atoms with Crippen LogP contribution < -0.4 is 0 Å². The molecule has 1 aromatic heterocycles. The predicted molar refractivity (Wildman–Crippen MR) is 85.8 cm³/mol. The lowest BCUT2D eigenvalue weighted by molar-refractivity contribution is -0.133. The molecule has 1 amide bonds. The first-order valence-corrected chi connectivity index (χ1v) is 8.80. The number of carbonyl (C=O) groups is 1. The molecule has 126 valence electrons. The molecule has 1 aromatic rings. The first-order valence-electron chi connectivity index (χ1n) is 8.80. The Hall–Kier alpha value is -1.40. The van der Waals surface area contributed by atoms with E-state index in [1.165, 1.54) is 0 Å². The second kappa shape index (κ2) is 6.24. The number of amides is 1.